The van der Waals surface area contributed by atoms with Crippen molar-refractivity contribution in [2.45, 2.75) is 6.42 Å². The molecule has 1 N–H and O–H groups in total. The average Bonchev–Trinajstić information content (AvgIpc) is 2.14. The first-order chi connectivity index (χ1) is 7.04. The molecule has 0 saturated heterocycles. The van der Waals surface area contributed by atoms with E-state index in [2.05, 4.69) is 5.32 Å². The van der Waals surface area contributed by atoms with Crippen molar-refractivity contribution in [3.05, 3.63) is 28.0 Å². The number of rotatable bonds is 2. The second-order valence-corrected chi connectivity index (χ2v) is 3.45. The van der Waals surface area contributed by atoms with Gasteiger partial charge in [-0.3, -0.25) is 4.79 Å². The smallest absolute Gasteiger partial charge is 0.238 e. The zero-order valence-electron chi connectivity index (χ0n) is 7.35. The lowest BCUT2D eigenvalue weighted by Crippen LogP contribution is -2.10. The van der Waals surface area contributed by atoms with Crippen LogP contribution in [0.3, 0.4) is 0 Å². The Morgan fingerprint density at radius 3 is 2.47 bits per heavy atom. The minimum absolute atomic E-state index is 0.185. The van der Waals surface area contributed by atoms with Gasteiger partial charge in [-0.2, -0.15) is 5.26 Å². The first-order valence-electron chi connectivity index (χ1n) is 3.86. The molecule has 1 aromatic carbocycles. The van der Waals surface area contributed by atoms with E-state index in [-0.39, 0.29) is 22.2 Å². The van der Waals surface area contributed by atoms with Crippen LogP contribution >= 0.6 is 23.2 Å². The molecule has 0 aromatic heterocycles. The minimum atomic E-state index is -0.739. The predicted molar refractivity (Wildman–Crippen MR) is 55.3 cm³/mol. The highest BCUT2D eigenvalue weighted by atomic mass is 35.5. The van der Waals surface area contributed by atoms with Crippen molar-refractivity contribution < 1.29 is 9.18 Å². The summed E-state index contributed by atoms with van der Waals surface area (Å²) < 4.78 is 13.0. The van der Waals surface area contributed by atoms with Crippen LogP contribution < -0.4 is 5.32 Å². The van der Waals surface area contributed by atoms with Gasteiger partial charge < -0.3 is 5.32 Å². The van der Waals surface area contributed by atoms with E-state index in [4.69, 9.17) is 28.5 Å². The Morgan fingerprint density at radius 1 is 1.47 bits per heavy atom. The third-order valence-electron chi connectivity index (χ3n) is 1.51. The summed E-state index contributed by atoms with van der Waals surface area (Å²) in [7, 11) is 0. The molecular formula is C9H5Cl2FN2O. The number of amides is 1. The molecule has 0 radical (unpaired) electrons. The third-order valence-corrected chi connectivity index (χ3v) is 2.06. The van der Waals surface area contributed by atoms with Gasteiger partial charge in [-0.25, -0.2) is 4.39 Å². The molecule has 3 nitrogen and oxygen atoms in total. The van der Waals surface area contributed by atoms with Crippen molar-refractivity contribution in [3.63, 3.8) is 0 Å². The molecule has 1 aromatic rings. The molecule has 0 aliphatic rings. The Hall–Kier alpha value is -1.31. The van der Waals surface area contributed by atoms with Crippen LogP contribution in [0.5, 0.6) is 0 Å². The molecule has 0 bridgehead atoms. The Kier molecular flexibility index (Phi) is 3.89. The number of halogens is 3. The topological polar surface area (TPSA) is 52.9 Å². The lowest BCUT2D eigenvalue weighted by atomic mass is 10.3. The van der Waals surface area contributed by atoms with Crippen molar-refractivity contribution in [1.29, 1.82) is 5.26 Å². The highest BCUT2D eigenvalue weighted by Gasteiger charge is 2.09. The van der Waals surface area contributed by atoms with Crippen LogP contribution in [0.15, 0.2) is 12.1 Å². The molecule has 1 rings (SSSR count). The van der Waals surface area contributed by atoms with E-state index in [1.807, 2.05) is 0 Å². The summed E-state index contributed by atoms with van der Waals surface area (Å²) in [6.07, 6.45) is -0.285. The highest BCUT2D eigenvalue weighted by Crippen LogP contribution is 2.27. The molecule has 0 spiro atoms. The van der Waals surface area contributed by atoms with Gasteiger partial charge in [-0.1, -0.05) is 23.2 Å². The molecule has 0 saturated carbocycles. The molecule has 6 heteroatoms. The van der Waals surface area contributed by atoms with Crippen LogP contribution in [0.1, 0.15) is 6.42 Å². The largest absolute Gasteiger partial charge is 0.325 e. The molecule has 0 aliphatic carbocycles. The van der Waals surface area contributed by atoms with Crippen molar-refractivity contribution >= 4 is 34.8 Å². The predicted octanol–water partition coefficient (Wildman–Crippen LogP) is 2.98. The molecule has 15 heavy (non-hydrogen) atoms. The Morgan fingerprint density at radius 2 is 2.00 bits per heavy atom. The number of anilines is 1. The lowest BCUT2D eigenvalue weighted by molar-refractivity contribution is -0.115. The summed E-state index contributed by atoms with van der Waals surface area (Å²) in [5, 5.41) is 10.2. The van der Waals surface area contributed by atoms with Crippen LogP contribution in [-0.2, 0) is 4.79 Å². The van der Waals surface area contributed by atoms with Gasteiger partial charge in [0.15, 0.2) is 5.82 Å². The van der Waals surface area contributed by atoms with E-state index in [9.17, 15) is 9.18 Å². The van der Waals surface area contributed by atoms with E-state index in [1.54, 1.807) is 6.07 Å². The molecule has 0 atom stereocenters. The quantitative estimate of drug-likeness (QED) is 0.816. The summed E-state index contributed by atoms with van der Waals surface area (Å²) in [4.78, 5) is 11.0. The van der Waals surface area contributed by atoms with Crippen molar-refractivity contribution in [2.24, 2.45) is 0 Å². The Balaban J connectivity index is 2.89. The van der Waals surface area contributed by atoms with Crippen LogP contribution in [0.25, 0.3) is 0 Å². The zero-order valence-corrected chi connectivity index (χ0v) is 8.86. The lowest BCUT2D eigenvalue weighted by Gasteiger charge is -2.05. The van der Waals surface area contributed by atoms with Gasteiger partial charge in [0.2, 0.25) is 5.91 Å². The van der Waals surface area contributed by atoms with Gasteiger partial charge in [-0.15, -0.1) is 0 Å². The van der Waals surface area contributed by atoms with Crippen LogP contribution in [0, 0.1) is 17.1 Å². The average molecular weight is 247 g/mol. The maximum absolute atomic E-state index is 13.0. The van der Waals surface area contributed by atoms with Crippen molar-refractivity contribution in [3.8, 4) is 6.07 Å². The van der Waals surface area contributed by atoms with E-state index in [0.717, 1.165) is 0 Å². The zero-order chi connectivity index (χ0) is 11.4. The van der Waals surface area contributed by atoms with Crippen LogP contribution in [0.4, 0.5) is 10.1 Å². The maximum Gasteiger partial charge on any atom is 0.238 e. The third kappa shape index (κ3) is 3.08. The highest BCUT2D eigenvalue weighted by molar-refractivity contribution is 6.35. The summed E-state index contributed by atoms with van der Waals surface area (Å²) in [5.74, 6) is -1.24. The van der Waals surface area contributed by atoms with Gasteiger partial charge in [-0.05, 0) is 12.1 Å². The minimum Gasteiger partial charge on any atom is -0.325 e. The number of nitrogens with one attached hydrogen (secondary N) is 1. The summed E-state index contributed by atoms with van der Waals surface area (Å²) in [6.45, 7) is 0. The number of carbonyl (C=O) groups excluding carboxylic acids is 1. The first-order valence-corrected chi connectivity index (χ1v) is 4.61. The summed E-state index contributed by atoms with van der Waals surface area (Å²) in [5.41, 5.74) is 0.256. The number of nitriles is 1. The Labute approximate surface area is 95.4 Å². The van der Waals surface area contributed by atoms with E-state index >= 15 is 0 Å². The second kappa shape index (κ2) is 4.96. The first kappa shape index (κ1) is 11.8. The molecule has 0 heterocycles. The van der Waals surface area contributed by atoms with Gasteiger partial charge >= 0.3 is 0 Å². The summed E-state index contributed by atoms with van der Waals surface area (Å²) in [6, 6.07) is 4.12. The standard InChI is InChI=1S/C9H5Cl2FN2O/c10-6-3-5(4-7(11)9(6)12)14-8(15)1-2-13/h3-4H,1H2,(H,14,15). The number of nitrogens with zero attached hydrogens (tertiary/aromatic N) is 1. The van der Waals surface area contributed by atoms with E-state index < -0.39 is 11.7 Å². The normalized spacial score (nSPS) is 9.47. The van der Waals surface area contributed by atoms with Crippen molar-refractivity contribution in [1.82, 2.24) is 0 Å². The van der Waals surface area contributed by atoms with Crippen LogP contribution in [-0.4, -0.2) is 5.91 Å². The Bertz CT molecular complexity index is 419. The second-order valence-electron chi connectivity index (χ2n) is 2.64. The van der Waals surface area contributed by atoms with Gasteiger partial charge in [0.1, 0.15) is 6.42 Å². The van der Waals surface area contributed by atoms with Gasteiger partial charge in [0.25, 0.3) is 0 Å². The van der Waals surface area contributed by atoms with Gasteiger partial charge in [0, 0.05) is 5.69 Å². The molecule has 0 fully saturated rings. The molecule has 1 amide bonds. The van der Waals surface area contributed by atoms with Gasteiger partial charge in [0.05, 0.1) is 16.1 Å². The van der Waals surface area contributed by atoms with Crippen molar-refractivity contribution in [2.75, 3.05) is 5.32 Å². The number of hydrogen-bond acceptors (Lipinski definition) is 2. The SMILES string of the molecule is N#CCC(=O)Nc1cc(Cl)c(F)c(Cl)c1. The fourth-order valence-electron chi connectivity index (χ4n) is 0.905. The fraction of sp³-hybridized carbons (Fsp3) is 0.111. The van der Waals surface area contributed by atoms with E-state index in [1.165, 1.54) is 12.1 Å². The fourth-order valence-corrected chi connectivity index (χ4v) is 1.39. The molecular weight excluding hydrogens is 242 g/mol. The number of hydrogen-bond donors (Lipinski definition) is 1. The maximum atomic E-state index is 13.0. The number of benzene rings is 1. The van der Waals surface area contributed by atoms with Crippen LogP contribution in [0.2, 0.25) is 10.0 Å². The summed E-state index contributed by atoms with van der Waals surface area (Å²) >= 11 is 11.0. The monoisotopic (exact) mass is 246 g/mol. The number of carbonyl (C=O) groups is 1. The molecule has 0 aliphatic heterocycles. The molecule has 78 valence electrons. The van der Waals surface area contributed by atoms with E-state index in [0.29, 0.717) is 0 Å². The molecule has 0 unspecified atom stereocenters.